The van der Waals surface area contributed by atoms with Gasteiger partial charge in [0.15, 0.2) is 0 Å². The van der Waals surface area contributed by atoms with Crippen LogP contribution in [0, 0.1) is 17.3 Å². The second-order valence-electron chi connectivity index (χ2n) is 5.81. The van der Waals surface area contributed by atoms with Crippen LogP contribution in [0.3, 0.4) is 0 Å². The van der Waals surface area contributed by atoms with Crippen LogP contribution in [0.15, 0.2) is 34.8 Å². The predicted octanol–water partition coefficient (Wildman–Crippen LogP) is 5.24. The maximum absolute atomic E-state index is 12.9. The third kappa shape index (κ3) is 3.41. The van der Waals surface area contributed by atoms with Crippen molar-refractivity contribution in [2.24, 2.45) is 17.3 Å². The molecule has 0 spiro atoms. The molecule has 22 heavy (non-hydrogen) atoms. The Bertz CT molecular complexity index is 621. The number of halogens is 5. The Morgan fingerprint density at radius 3 is 2.41 bits per heavy atom. The number of alkyl halides is 3. The second-order valence-corrected chi connectivity index (χ2v) is 6.82. The molecule has 0 bridgehead atoms. The van der Waals surface area contributed by atoms with Crippen molar-refractivity contribution in [2.45, 2.75) is 20.0 Å². The number of allylic oxidation sites excluding steroid dienone is 1. The van der Waals surface area contributed by atoms with Gasteiger partial charge in [-0.05, 0) is 29.5 Å². The molecule has 1 saturated carbocycles. The first kappa shape index (κ1) is 17.2. The molecule has 2 atom stereocenters. The molecule has 1 fully saturated rings. The largest absolute Gasteiger partial charge is 0.418 e. The van der Waals surface area contributed by atoms with Crippen molar-refractivity contribution >= 4 is 34.8 Å². The van der Waals surface area contributed by atoms with Gasteiger partial charge in [0.25, 0.3) is 0 Å². The molecule has 0 heterocycles. The van der Waals surface area contributed by atoms with Crippen molar-refractivity contribution in [3.8, 4) is 0 Å². The zero-order valence-corrected chi connectivity index (χ0v) is 13.4. The average molecular weight is 352 g/mol. The van der Waals surface area contributed by atoms with Crippen LogP contribution in [0.4, 0.5) is 18.9 Å². The van der Waals surface area contributed by atoms with E-state index in [1.807, 2.05) is 13.8 Å². The lowest BCUT2D eigenvalue weighted by atomic mass is 10.1. The summed E-state index contributed by atoms with van der Waals surface area (Å²) in [4.78, 5) is 12.3. The minimum atomic E-state index is -4.53. The van der Waals surface area contributed by atoms with Crippen LogP contribution in [0.1, 0.15) is 19.4 Å². The lowest BCUT2D eigenvalue weighted by Gasteiger charge is -2.13. The van der Waals surface area contributed by atoms with Gasteiger partial charge in [0.2, 0.25) is 5.91 Å². The van der Waals surface area contributed by atoms with Crippen molar-refractivity contribution in [1.82, 2.24) is 0 Å². The minimum absolute atomic E-state index is 0.0454. The highest BCUT2D eigenvalue weighted by Gasteiger charge is 2.60. The zero-order valence-electron chi connectivity index (χ0n) is 11.8. The van der Waals surface area contributed by atoms with Gasteiger partial charge in [0, 0.05) is 0 Å². The summed E-state index contributed by atoms with van der Waals surface area (Å²) in [5.74, 6) is -1.14. The van der Waals surface area contributed by atoms with Gasteiger partial charge in [0.05, 0.1) is 17.2 Å². The van der Waals surface area contributed by atoms with E-state index in [-0.39, 0.29) is 16.1 Å². The molecule has 0 radical (unpaired) electrons. The molecule has 7 heteroatoms. The third-order valence-corrected chi connectivity index (χ3v) is 4.24. The Kier molecular flexibility index (Phi) is 4.51. The number of anilines is 1. The Hall–Kier alpha value is -1.20. The van der Waals surface area contributed by atoms with E-state index in [0.717, 1.165) is 6.07 Å². The lowest BCUT2D eigenvalue weighted by Crippen LogP contribution is -2.19. The summed E-state index contributed by atoms with van der Waals surface area (Å²) in [6.07, 6.45) is -2.98. The van der Waals surface area contributed by atoms with E-state index in [1.165, 1.54) is 18.2 Å². The highest BCUT2D eigenvalue weighted by atomic mass is 35.5. The fourth-order valence-corrected chi connectivity index (χ4v) is 2.95. The molecule has 1 N–H and O–H groups in total. The molecule has 2 nitrogen and oxygen atoms in total. The van der Waals surface area contributed by atoms with E-state index in [0.29, 0.717) is 0 Å². The predicted molar refractivity (Wildman–Crippen MR) is 80.6 cm³/mol. The van der Waals surface area contributed by atoms with E-state index in [4.69, 9.17) is 23.2 Å². The van der Waals surface area contributed by atoms with Crippen molar-refractivity contribution in [2.75, 3.05) is 5.32 Å². The van der Waals surface area contributed by atoms with Crippen LogP contribution in [0.2, 0.25) is 0 Å². The number of carbonyl (C=O) groups excluding carboxylic acids is 1. The van der Waals surface area contributed by atoms with Crippen LogP contribution in [0.5, 0.6) is 0 Å². The van der Waals surface area contributed by atoms with Gasteiger partial charge in [-0.15, -0.1) is 0 Å². The first-order valence-electron chi connectivity index (χ1n) is 6.55. The molecular weight excluding hydrogens is 338 g/mol. The Morgan fingerprint density at radius 1 is 1.27 bits per heavy atom. The molecular formula is C15H14Cl2F3NO. The standard InChI is InChI=1S/C15H14Cl2F3NO/c1-14(2)9(7-11(16)17)12(14)13(22)21-10-6-4-3-5-8(10)15(18,19)20/h3-7,9,12H,1-2H3,(H,21,22)/t9-,12+/m0/s1. The fourth-order valence-electron chi connectivity index (χ4n) is 2.68. The molecule has 0 unspecified atom stereocenters. The molecule has 1 aliphatic rings. The van der Waals surface area contributed by atoms with Crippen molar-refractivity contribution < 1.29 is 18.0 Å². The number of nitrogens with one attached hydrogen (secondary N) is 1. The van der Waals surface area contributed by atoms with Crippen LogP contribution in [0.25, 0.3) is 0 Å². The molecule has 0 saturated heterocycles. The van der Waals surface area contributed by atoms with Gasteiger partial charge in [-0.1, -0.05) is 49.2 Å². The topological polar surface area (TPSA) is 29.1 Å². The van der Waals surface area contributed by atoms with Gasteiger partial charge in [0.1, 0.15) is 4.49 Å². The van der Waals surface area contributed by atoms with E-state index >= 15 is 0 Å². The van der Waals surface area contributed by atoms with Gasteiger partial charge in [-0.25, -0.2) is 0 Å². The molecule has 0 aliphatic heterocycles. The van der Waals surface area contributed by atoms with Crippen molar-refractivity contribution in [3.05, 3.63) is 40.4 Å². The van der Waals surface area contributed by atoms with Crippen LogP contribution >= 0.6 is 23.2 Å². The first-order valence-corrected chi connectivity index (χ1v) is 7.30. The van der Waals surface area contributed by atoms with Crippen LogP contribution < -0.4 is 5.32 Å². The van der Waals surface area contributed by atoms with Gasteiger partial charge >= 0.3 is 6.18 Å². The number of hydrogen-bond acceptors (Lipinski definition) is 1. The van der Waals surface area contributed by atoms with Gasteiger partial charge in [-0.2, -0.15) is 13.2 Å². The van der Waals surface area contributed by atoms with E-state index in [9.17, 15) is 18.0 Å². The normalized spacial score (nSPS) is 22.9. The molecule has 1 aromatic carbocycles. The number of amides is 1. The number of para-hydroxylation sites is 1. The maximum Gasteiger partial charge on any atom is 0.418 e. The molecule has 2 rings (SSSR count). The monoisotopic (exact) mass is 351 g/mol. The van der Waals surface area contributed by atoms with Gasteiger partial charge in [-0.3, -0.25) is 4.79 Å². The van der Waals surface area contributed by atoms with Crippen LogP contribution in [-0.4, -0.2) is 5.91 Å². The quantitative estimate of drug-likeness (QED) is 0.792. The summed E-state index contributed by atoms with van der Waals surface area (Å²) in [5.41, 5.74) is -1.52. The Morgan fingerprint density at radius 2 is 1.86 bits per heavy atom. The third-order valence-electron chi connectivity index (χ3n) is 3.99. The average Bonchev–Trinajstić information content (AvgIpc) is 2.89. The molecule has 1 aromatic rings. The first-order chi connectivity index (χ1) is 10.0. The Balaban J connectivity index is 2.20. The fraction of sp³-hybridized carbons (Fsp3) is 0.400. The number of carbonyl (C=O) groups is 1. The van der Waals surface area contributed by atoms with E-state index in [1.54, 1.807) is 6.08 Å². The summed E-state index contributed by atoms with van der Waals surface area (Å²) in [6, 6.07) is 4.88. The minimum Gasteiger partial charge on any atom is -0.325 e. The van der Waals surface area contributed by atoms with Gasteiger partial charge < -0.3 is 5.32 Å². The second kappa shape index (κ2) is 5.78. The number of rotatable bonds is 3. The van der Waals surface area contributed by atoms with E-state index < -0.39 is 29.0 Å². The summed E-state index contributed by atoms with van der Waals surface area (Å²) >= 11 is 11.2. The SMILES string of the molecule is CC1(C)[C@@H](C=C(Cl)Cl)[C@@H]1C(=O)Nc1ccccc1C(F)(F)F. The highest BCUT2D eigenvalue weighted by Crippen LogP contribution is 2.60. The van der Waals surface area contributed by atoms with Crippen molar-refractivity contribution in [1.29, 1.82) is 0 Å². The summed E-state index contributed by atoms with van der Waals surface area (Å²) < 4.78 is 38.8. The molecule has 0 aromatic heterocycles. The lowest BCUT2D eigenvalue weighted by molar-refractivity contribution is -0.137. The van der Waals surface area contributed by atoms with Crippen LogP contribution in [-0.2, 0) is 11.0 Å². The zero-order chi connectivity index (χ0) is 16.7. The Labute approximate surface area is 136 Å². The summed E-state index contributed by atoms with van der Waals surface area (Å²) in [5, 5.41) is 2.36. The molecule has 1 amide bonds. The molecule has 1 aliphatic carbocycles. The molecule has 120 valence electrons. The summed E-state index contributed by atoms with van der Waals surface area (Å²) in [6.45, 7) is 3.68. The van der Waals surface area contributed by atoms with Crippen molar-refractivity contribution in [3.63, 3.8) is 0 Å². The number of benzene rings is 1. The van der Waals surface area contributed by atoms with E-state index in [2.05, 4.69) is 5.32 Å². The maximum atomic E-state index is 12.9. The smallest absolute Gasteiger partial charge is 0.325 e. The summed E-state index contributed by atoms with van der Waals surface area (Å²) in [7, 11) is 0. The highest BCUT2D eigenvalue weighted by molar-refractivity contribution is 6.55. The number of hydrogen-bond donors (Lipinski definition) is 1.